The summed E-state index contributed by atoms with van der Waals surface area (Å²) in [7, 11) is 0.754. The van der Waals surface area contributed by atoms with Crippen LogP contribution in [0.4, 0.5) is 11.5 Å². The van der Waals surface area contributed by atoms with Crippen molar-refractivity contribution in [3.63, 3.8) is 0 Å². The molecular weight excluding hydrogens is 612 g/mol. The van der Waals surface area contributed by atoms with Crippen LogP contribution in [0.2, 0.25) is 5.02 Å². The molecule has 3 aromatic rings. The molecule has 2 atom stereocenters. The molecule has 0 N–H and O–H groups in total. The number of aromatic nitrogens is 2. The monoisotopic (exact) mass is 651 g/mol. The van der Waals surface area contributed by atoms with Gasteiger partial charge in [-0.1, -0.05) is 35.9 Å². The smallest absolute Gasteiger partial charge is 0.434 e. The first-order chi connectivity index (χ1) is 21.6. The minimum absolute atomic E-state index is 0.102. The molecule has 2 aromatic carbocycles. The van der Waals surface area contributed by atoms with Crippen molar-refractivity contribution in [1.82, 2.24) is 19.8 Å². The van der Waals surface area contributed by atoms with Crippen LogP contribution in [0.1, 0.15) is 30.5 Å². The van der Waals surface area contributed by atoms with Crippen LogP contribution in [0.3, 0.4) is 0 Å². The van der Waals surface area contributed by atoms with E-state index >= 15 is 0 Å². The molecule has 2 fully saturated rings. The zero-order valence-corrected chi connectivity index (χ0v) is 27.6. The van der Waals surface area contributed by atoms with Crippen molar-refractivity contribution in [2.24, 2.45) is 5.92 Å². The zero-order chi connectivity index (χ0) is 31.7. The number of fused-ring (bicyclic) bond motifs is 2. The second-order valence-electron chi connectivity index (χ2n) is 12.4. The number of amides is 1. The highest BCUT2D eigenvalue weighted by atomic mass is 35.5. The number of ether oxygens (including phenoxy) is 1. The summed E-state index contributed by atoms with van der Waals surface area (Å²) in [4.78, 5) is 28.8. The van der Waals surface area contributed by atoms with E-state index in [-0.39, 0.29) is 11.8 Å². The highest BCUT2D eigenvalue weighted by Crippen LogP contribution is 2.36. The molecule has 6 rings (SSSR count). The Morgan fingerprint density at radius 3 is 2.69 bits per heavy atom. The summed E-state index contributed by atoms with van der Waals surface area (Å²) in [6.07, 6.45) is 8.11. The highest BCUT2D eigenvalue weighted by Gasteiger charge is 2.32. The fourth-order valence-electron chi connectivity index (χ4n) is 6.63. The van der Waals surface area contributed by atoms with Crippen molar-refractivity contribution < 1.29 is 22.5 Å². The van der Waals surface area contributed by atoms with Crippen LogP contribution in [-0.4, -0.2) is 104 Å². The molecule has 0 radical (unpaired) electrons. The second-order valence-corrected chi connectivity index (χ2v) is 14.7. The predicted octanol–water partition coefficient (Wildman–Crippen LogP) is 4.07. The molecule has 0 saturated carbocycles. The summed E-state index contributed by atoms with van der Waals surface area (Å²) in [5.41, 5.74) is 3.10. The molecule has 4 heterocycles. The lowest BCUT2D eigenvalue weighted by atomic mass is 10.0. The maximum Gasteiger partial charge on any atom is 0.434 e. The number of carbonyl (C=O) groups is 1. The lowest BCUT2D eigenvalue weighted by Crippen LogP contribution is -2.33. The molecule has 10 nitrogen and oxygen atoms in total. The van der Waals surface area contributed by atoms with Gasteiger partial charge in [0.05, 0.1) is 36.1 Å². The van der Waals surface area contributed by atoms with Crippen molar-refractivity contribution in [3.8, 4) is 6.01 Å². The molecule has 3 aliphatic heterocycles. The van der Waals surface area contributed by atoms with Gasteiger partial charge in [0, 0.05) is 71.8 Å². The fraction of sp³-hybridized carbons (Fsp3) is 0.455. The van der Waals surface area contributed by atoms with Gasteiger partial charge in [0.25, 0.3) is 0 Å². The molecule has 1 unspecified atom stereocenters. The zero-order valence-electron chi connectivity index (χ0n) is 26.0. The van der Waals surface area contributed by atoms with E-state index < -0.39 is 9.84 Å². The Morgan fingerprint density at radius 1 is 1.13 bits per heavy atom. The third-order valence-electron chi connectivity index (χ3n) is 9.03. The number of anilines is 1. The lowest BCUT2D eigenvalue weighted by molar-refractivity contribution is -0.407. The van der Waals surface area contributed by atoms with Crippen LogP contribution in [0.15, 0.2) is 47.9 Å². The lowest BCUT2D eigenvalue weighted by Gasteiger charge is -2.31. The Balaban J connectivity index is 1.28. The van der Waals surface area contributed by atoms with Crippen LogP contribution in [0.5, 0.6) is 6.01 Å². The summed E-state index contributed by atoms with van der Waals surface area (Å²) in [6, 6.07) is 13.0. The van der Waals surface area contributed by atoms with Crippen LogP contribution in [0, 0.1) is 5.92 Å². The van der Waals surface area contributed by atoms with Gasteiger partial charge in [-0.2, -0.15) is 4.98 Å². The number of nitrogens with zero attached hydrogens (tertiary/aromatic N) is 6. The van der Waals surface area contributed by atoms with Gasteiger partial charge in [-0.3, -0.25) is 4.79 Å². The summed E-state index contributed by atoms with van der Waals surface area (Å²) >= 11 is 6.70. The number of hydrogen-bond donors (Lipinski definition) is 0. The van der Waals surface area contributed by atoms with Crippen molar-refractivity contribution in [2.45, 2.75) is 38.3 Å². The number of benzene rings is 2. The molecule has 12 heteroatoms. The number of halogens is 1. The number of hydrogen-bond acceptors (Lipinski definition) is 8. The van der Waals surface area contributed by atoms with E-state index in [9.17, 15) is 13.2 Å². The molecule has 0 spiro atoms. The quantitative estimate of drug-likeness (QED) is 0.204. The predicted molar refractivity (Wildman–Crippen MR) is 177 cm³/mol. The fourth-order valence-corrected chi connectivity index (χ4v) is 7.28. The Labute approximate surface area is 269 Å². The minimum atomic E-state index is -3.36. The average molecular weight is 652 g/mol. The van der Waals surface area contributed by atoms with E-state index in [1.165, 1.54) is 0 Å². The van der Waals surface area contributed by atoms with Crippen molar-refractivity contribution in [3.05, 3.63) is 64.2 Å². The first-order valence-corrected chi connectivity index (χ1v) is 17.8. The Bertz CT molecular complexity index is 1770. The molecule has 3 aliphatic rings. The average Bonchev–Trinajstić information content (AvgIpc) is 3.66. The summed E-state index contributed by atoms with van der Waals surface area (Å²) in [5.74, 6) is 0.623. The number of carbonyl (C=O) groups excluding carboxylic acids is 1. The second kappa shape index (κ2) is 13.1. The number of likely N-dealkylation sites (N-methyl/N-ethyl adjacent to an activating group) is 1. The SMILES string of the molecule is CN1CCC[C@H]1COc1nc2c(c([N+](C)=CC3CCN(C(=O)/C=C/S(C)(=O)=O)C3)n1)CCN(c1cccc3cccc(Cl)c13)C2. The van der Waals surface area contributed by atoms with Gasteiger partial charge in [-0.25, -0.2) is 13.0 Å². The van der Waals surface area contributed by atoms with E-state index in [2.05, 4.69) is 47.3 Å². The van der Waals surface area contributed by atoms with Gasteiger partial charge >= 0.3 is 11.8 Å². The minimum Gasteiger partial charge on any atom is -0.443 e. The van der Waals surface area contributed by atoms with Gasteiger partial charge in [0.1, 0.15) is 6.61 Å². The Hall–Kier alpha value is -3.54. The molecule has 1 amide bonds. The van der Waals surface area contributed by atoms with E-state index in [1.807, 2.05) is 23.8 Å². The number of sulfone groups is 1. The summed E-state index contributed by atoms with van der Waals surface area (Å²) in [5, 5.41) is 3.83. The van der Waals surface area contributed by atoms with Gasteiger partial charge in [0.15, 0.2) is 9.84 Å². The maximum absolute atomic E-state index is 12.6. The molecular formula is C33H40ClN6O4S+. The van der Waals surface area contributed by atoms with Crippen molar-refractivity contribution in [1.29, 1.82) is 0 Å². The number of likely N-dealkylation sites (tertiary alicyclic amines) is 2. The van der Waals surface area contributed by atoms with Gasteiger partial charge in [-0.05, 0) is 50.4 Å². The van der Waals surface area contributed by atoms with Crippen molar-refractivity contribution >= 4 is 55.8 Å². The highest BCUT2D eigenvalue weighted by molar-refractivity contribution is 7.93. The third kappa shape index (κ3) is 7.15. The van der Waals surface area contributed by atoms with E-state index in [0.29, 0.717) is 38.3 Å². The van der Waals surface area contributed by atoms with Gasteiger partial charge in [0.2, 0.25) is 5.91 Å². The van der Waals surface area contributed by atoms with Crippen LogP contribution in [-0.2, 0) is 27.6 Å². The standard InChI is InChI=1S/C33H40ClN6O4S/c1-37-15-6-9-25(37)22-44-33-35-28-21-39(29-11-5-8-24-7-4-10-27(34)31(24)29)17-13-26(28)32(36-33)38(2)19-23-12-16-40(20-23)30(41)14-18-45(3,42)43/h4-5,7-8,10-11,14,18-19,23,25H,6,9,12-13,15-17,20-22H2,1-3H3/q+1/b18-14+,38-19?/t23?,25-/m0/s1. The van der Waals surface area contributed by atoms with E-state index in [0.717, 1.165) is 95.1 Å². The Kier molecular flexibility index (Phi) is 9.12. The summed E-state index contributed by atoms with van der Waals surface area (Å²) in [6.45, 7) is 4.06. The molecule has 45 heavy (non-hydrogen) atoms. The molecule has 2 saturated heterocycles. The number of rotatable bonds is 8. The van der Waals surface area contributed by atoms with Gasteiger partial charge < -0.3 is 19.4 Å². The van der Waals surface area contributed by atoms with Crippen LogP contribution in [0.25, 0.3) is 10.8 Å². The van der Waals surface area contributed by atoms with E-state index in [1.54, 1.807) is 4.90 Å². The molecule has 1 aromatic heterocycles. The Morgan fingerprint density at radius 2 is 1.93 bits per heavy atom. The first kappa shape index (κ1) is 31.4. The first-order valence-electron chi connectivity index (χ1n) is 15.5. The van der Waals surface area contributed by atoms with E-state index in [4.69, 9.17) is 26.3 Å². The molecule has 0 bridgehead atoms. The third-order valence-corrected chi connectivity index (χ3v) is 9.98. The largest absolute Gasteiger partial charge is 0.443 e. The normalized spacial score (nSPS) is 21.2. The topological polar surface area (TPSA) is 98.9 Å². The van der Waals surface area contributed by atoms with Crippen LogP contribution >= 0.6 is 11.6 Å². The maximum atomic E-state index is 12.6. The summed E-state index contributed by atoms with van der Waals surface area (Å²) < 4.78 is 31.3. The van der Waals surface area contributed by atoms with Crippen LogP contribution < -0.4 is 9.64 Å². The van der Waals surface area contributed by atoms with Gasteiger partial charge in [-0.15, -0.1) is 0 Å². The molecule has 0 aliphatic carbocycles. The van der Waals surface area contributed by atoms with Crippen molar-refractivity contribution in [2.75, 3.05) is 58.0 Å². The molecule has 238 valence electrons.